The van der Waals surface area contributed by atoms with Crippen LogP contribution in [0.15, 0.2) is 4.52 Å². The van der Waals surface area contributed by atoms with Gasteiger partial charge < -0.3 is 9.84 Å². The molecule has 70 valence electrons. The van der Waals surface area contributed by atoms with Gasteiger partial charge in [0.25, 0.3) is 0 Å². The van der Waals surface area contributed by atoms with Crippen LogP contribution in [0.1, 0.15) is 37.0 Å². The predicted molar refractivity (Wildman–Crippen MR) is 46.1 cm³/mol. The zero-order valence-electron chi connectivity index (χ0n) is 7.49. The minimum atomic E-state index is 0.334. The van der Waals surface area contributed by atoms with Crippen molar-refractivity contribution in [1.29, 1.82) is 0 Å². The molecule has 1 atom stereocenters. The molecule has 0 radical (unpaired) electrons. The first kappa shape index (κ1) is 7.50. The fourth-order valence-corrected chi connectivity index (χ4v) is 1.57. The van der Waals surface area contributed by atoms with Crippen molar-refractivity contribution in [2.45, 2.75) is 31.7 Å². The highest BCUT2D eigenvalue weighted by Gasteiger charge is 2.27. The summed E-state index contributed by atoms with van der Waals surface area (Å²) < 4.78 is 5.17. The third kappa shape index (κ3) is 1.46. The topological polar surface area (TPSA) is 51.0 Å². The summed E-state index contributed by atoms with van der Waals surface area (Å²) >= 11 is 0. The van der Waals surface area contributed by atoms with E-state index in [1.807, 2.05) is 0 Å². The lowest BCUT2D eigenvalue weighted by atomic mass is 10.1. The second-order valence-electron chi connectivity index (χ2n) is 3.99. The van der Waals surface area contributed by atoms with Crippen molar-refractivity contribution < 1.29 is 4.52 Å². The van der Waals surface area contributed by atoms with Gasteiger partial charge in [-0.05, 0) is 31.7 Å². The predicted octanol–water partition coefficient (Wildman–Crippen LogP) is 1.06. The molecule has 1 aromatic rings. The van der Waals surface area contributed by atoms with Gasteiger partial charge in [-0.2, -0.15) is 4.98 Å². The fraction of sp³-hybridized carbons (Fsp3) is 0.778. The fourth-order valence-electron chi connectivity index (χ4n) is 1.57. The minimum Gasteiger partial charge on any atom is -0.338 e. The summed E-state index contributed by atoms with van der Waals surface area (Å²) in [7, 11) is 0. The molecule has 0 unspecified atom stereocenters. The average molecular weight is 179 g/mol. The Morgan fingerprint density at radius 2 is 2.23 bits per heavy atom. The van der Waals surface area contributed by atoms with Crippen LogP contribution >= 0.6 is 0 Å². The van der Waals surface area contributed by atoms with Gasteiger partial charge in [-0.1, -0.05) is 5.16 Å². The van der Waals surface area contributed by atoms with Crippen LogP contribution in [-0.2, 0) is 6.42 Å². The summed E-state index contributed by atoms with van der Waals surface area (Å²) in [5.74, 6) is 2.51. The van der Waals surface area contributed by atoms with Crippen molar-refractivity contribution in [1.82, 2.24) is 15.5 Å². The highest BCUT2D eigenvalue weighted by Crippen LogP contribution is 2.32. The molecule has 1 aliphatic carbocycles. The molecule has 2 heterocycles. The van der Waals surface area contributed by atoms with Crippen LogP contribution in [0.3, 0.4) is 0 Å². The van der Waals surface area contributed by atoms with Gasteiger partial charge in [-0.3, -0.25) is 0 Å². The lowest BCUT2D eigenvalue weighted by molar-refractivity contribution is 0.272. The van der Waals surface area contributed by atoms with E-state index in [1.165, 1.54) is 12.8 Å². The van der Waals surface area contributed by atoms with Crippen molar-refractivity contribution in [3.05, 3.63) is 11.7 Å². The quantitative estimate of drug-likeness (QED) is 0.753. The van der Waals surface area contributed by atoms with E-state index in [1.54, 1.807) is 0 Å². The highest BCUT2D eigenvalue weighted by atomic mass is 16.5. The van der Waals surface area contributed by atoms with Gasteiger partial charge >= 0.3 is 0 Å². The number of hydrogen-bond acceptors (Lipinski definition) is 4. The monoisotopic (exact) mass is 179 g/mol. The highest BCUT2D eigenvalue weighted by molar-refractivity contribution is 4.98. The first-order valence-corrected chi connectivity index (χ1v) is 4.97. The lowest BCUT2D eigenvalue weighted by Crippen LogP contribution is -2.35. The number of hydrogen-bond donors (Lipinski definition) is 1. The molecule has 0 amide bonds. The zero-order chi connectivity index (χ0) is 8.67. The molecule has 2 fully saturated rings. The molecule has 0 spiro atoms. The molecular formula is C9H13N3O. The van der Waals surface area contributed by atoms with E-state index in [0.29, 0.717) is 6.04 Å². The Balaban J connectivity index is 1.69. The van der Waals surface area contributed by atoms with Crippen molar-refractivity contribution in [3.8, 4) is 0 Å². The van der Waals surface area contributed by atoms with E-state index in [9.17, 15) is 0 Å². The van der Waals surface area contributed by atoms with E-state index < -0.39 is 0 Å². The Morgan fingerprint density at radius 3 is 2.85 bits per heavy atom. The summed E-state index contributed by atoms with van der Waals surface area (Å²) in [6, 6.07) is 0.334. The molecule has 1 aliphatic heterocycles. The lowest BCUT2D eigenvalue weighted by Gasteiger charge is -2.23. The van der Waals surface area contributed by atoms with E-state index >= 15 is 0 Å². The van der Waals surface area contributed by atoms with Crippen LogP contribution in [0.25, 0.3) is 0 Å². The summed E-state index contributed by atoms with van der Waals surface area (Å²) in [5, 5.41) is 7.22. The molecule has 1 N–H and O–H groups in total. The van der Waals surface area contributed by atoms with Gasteiger partial charge in [0.05, 0.1) is 6.04 Å². The molecule has 0 bridgehead atoms. The maximum Gasteiger partial charge on any atom is 0.243 e. The summed E-state index contributed by atoms with van der Waals surface area (Å²) in [6.45, 7) is 1.07. The molecule has 4 heteroatoms. The summed E-state index contributed by atoms with van der Waals surface area (Å²) in [5.41, 5.74) is 0. The van der Waals surface area contributed by atoms with Crippen molar-refractivity contribution in [3.63, 3.8) is 0 Å². The van der Waals surface area contributed by atoms with Crippen LogP contribution in [-0.4, -0.2) is 16.7 Å². The second-order valence-corrected chi connectivity index (χ2v) is 3.99. The van der Waals surface area contributed by atoms with Crippen molar-refractivity contribution >= 4 is 0 Å². The van der Waals surface area contributed by atoms with E-state index in [4.69, 9.17) is 4.52 Å². The maximum atomic E-state index is 5.17. The van der Waals surface area contributed by atoms with Gasteiger partial charge in [0.2, 0.25) is 5.89 Å². The van der Waals surface area contributed by atoms with Gasteiger partial charge in [-0.25, -0.2) is 0 Å². The van der Waals surface area contributed by atoms with Gasteiger partial charge in [0, 0.05) is 6.42 Å². The molecule has 3 rings (SSSR count). The number of nitrogens with one attached hydrogen (secondary N) is 1. The third-order valence-electron chi connectivity index (χ3n) is 2.77. The first-order valence-electron chi connectivity index (χ1n) is 4.97. The molecule has 2 aliphatic rings. The molecule has 0 aromatic carbocycles. The molecule has 13 heavy (non-hydrogen) atoms. The SMILES string of the molecule is C1C[C@H](c2nc(CC3CC3)no2)N1. The Labute approximate surface area is 76.7 Å². The van der Waals surface area contributed by atoms with Crippen molar-refractivity contribution in [2.24, 2.45) is 5.92 Å². The van der Waals surface area contributed by atoms with Crippen LogP contribution in [0.5, 0.6) is 0 Å². The van der Waals surface area contributed by atoms with Crippen LogP contribution < -0.4 is 5.32 Å². The zero-order valence-corrected chi connectivity index (χ0v) is 7.49. The Hall–Kier alpha value is -0.900. The van der Waals surface area contributed by atoms with Crippen LogP contribution in [0, 0.1) is 5.92 Å². The normalized spacial score (nSPS) is 27.2. The standard InChI is InChI=1S/C9H13N3O/c1-2-6(1)5-8-11-9(13-12-8)7-3-4-10-7/h6-7,10H,1-5H2/t7-/m1/s1. The molecule has 1 aromatic heterocycles. The van der Waals surface area contributed by atoms with E-state index in [0.717, 1.165) is 37.0 Å². The van der Waals surface area contributed by atoms with Gasteiger partial charge in [0.1, 0.15) is 0 Å². The van der Waals surface area contributed by atoms with Gasteiger partial charge in [0.15, 0.2) is 5.82 Å². The van der Waals surface area contributed by atoms with Crippen LogP contribution in [0.2, 0.25) is 0 Å². The molecular weight excluding hydrogens is 166 g/mol. The maximum absolute atomic E-state index is 5.17. The van der Waals surface area contributed by atoms with E-state index in [-0.39, 0.29) is 0 Å². The molecule has 1 saturated carbocycles. The van der Waals surface area contributed by atoms with E-state index in [2.05, 4.69) is 15.5 Å². The Morgan fingerprint density at radius 1 is 1.38 bits per heavy atom. The Kier molecular flexibility index (Phi) is 1.62. The van der Waals surface area contributed by atoms with Crippen molar-refractivity contribution in [2.75, 3.05) is 6.54 Å². The smallest absolute Gasteiger partial charge is 0.243 e. The third-order valence-corrected chi connectivity index (χ3v) is 2.77. The Bertz CT molecular complexity index is 302. The number of rotatable bonds is 3. The summed E-state index contributed by atoms with van der Waals surface area (Å²) in [4.78, 5) is 4.37. The molecule has 4 nitrogen and oxygen atoms in total. The van der Waals surface area contributed by atoms with Gasteiger partial charge in [-0.15, -0.1) is 0 Å². The second kappa shape index (κ2) is 2.80. The minimum absolute atomic E-state index is 0.334. The largest absolute Gasteiger partial charge is 0.338 e. The number of nitrogens with zero attached hydrogens (tertiary/aromatic N) is 2. The summed E-state index contributed by atoms with van der Waals surface area (Å²) in [6.07, 6.45) is 4.82. The van der Waals surface area contributed by atoms with Crippen LogP contribution in [0.4, 0.5) is 0 Å². The number of aromatic nitrogens is 2. The first-order chi connectivity index (χ1) is 6.42. The molecule has 1 saturated heterocycles. The average Bonchev–Trinajstić information content (AvgIpc) is 2.69.